The first-order valence-electron chi connectivity index (χ1n) is 11.2. The molecule has 0 aliphatic carbocycles. The van der Waals surface area contributed by atoms with Crippen molar-refractivity contribution in [1.82, 2.24) is 15.6 Å². The molecule has 0 spiro atoms. The van der Waals surface area contributed by atoms with E-state index in [0.29, 0.717) is 11.6 Å². The number of nitrogens with one attached hydrogen (secondary N) is 2. The van der Waals surface area contributed by atoms with Gasteiger partial charge in [0, 0.05) is 18.7 Å². The number of carbonyl (C=O) groups excluding carboxylic acids is 2. The monoisotopic (exact) mass is 592 g/mol. The lowest BCUT2D eigenvalue weighted by Gasteiger charge is -2.36. The third-order valence-corrected chi connectivity index (χ3v) is 5.73. The summed E-state index contributed by atoms with van der Waals surface area (Å²) in [6, 6.07) is 11.2. The molecule has 0 saturated heterocycles. The van der Waals surface area contributed by atoms with Crippen molar-refractivity contribution in [3.8, 4) is 5.75 Å². The Kier molecular flexibility index (Phi) is 9.13. The smallest absolute Gasteiger partial charge is 0.428 e. The first-order chi connectivity index (χ1) is 18.6. The molecule has 7 nitrogen and oxygen atoms in total. The predicted octanol–water partition coefficient (Wildman–Crippen LogP) is 5.02. The molecular weight excluding hydrogens is 573 g/mol. The number of benzene rings is 2. The van der Waals surface area contributed by atoms with Crippen molar-refractivity contribution in [1.29, 1.82) is 0 Å². The molecule has 1 heterocycles. The van der Waals surface area contributed by atoms with E-state index in [2.05, 4.69) is 20.8 Å². The summed E-state index contributed by atoms with van der Waals surface area (Å²) < 4.78 is 99.3. The molecule has 2 aromatic carbocycles. The Balaban J connectivity index is 2.20. The molecule has 0 radical (unpaired) electrons. The Hall–Kier alpha value is -4.07. The van der Waals surface area contributed by atoms with Gasteiger partial charge in [0.05, 0.1) is 17.3 Å². The number of pyridine rings is 1. The molecule has 0 bridgehead atoms. The number of halogens is 8. The van der Waals surface area contributed by atoms with Gasteiger partial charge in [0.2, 0.25) is 0 Å². The van der Waals surface area contributed by atoms with E-state index in [-0.39, 0.29) is 22.7 Å². The highest BCUT2D eigenvalue weighted by atomic mass is 35.5. The third-order valence-electron chi connectivity index (χ3n) is 5.51. The zero-order valence-electron chi connectivity index (χ0n) is 20.1. The van der Waals surface area contributed by atoms with Crippen molar-refractivity contribution in [3.05, 3.63) is 94.5 Å². The molecule has 15 heteroatoms. The maximum Gasteiger partial charge on any atom is 0.461 e. The topological polar surface area (TPSA) is 106 Å². The van der Waals surface area contributed by atoms with E-state index >= 15 is 0 Å². The first kappa shape index (κ1) is 30.5. The van der Waals surface area contributed by atoms with Gasteiger partial charge in [0.15, 0.2) is 0 Å². The summed E-state index contributed by atoms with van der Waals surface area (Å²) in [5.41, 5.74) is 2.62. The lowest BCUT2D eigenvalue weighted by molar-refractivity contribution is -0.253. The molecule has 1 aromatic heterocycles. The summed E-state index contributed by atoms with van der Waals surface area (Å²) in [6.07, 6.45) is -8.42. The zero-order chi connectivity index (χ0) is 29.7. The number of hydrogen-bond donors (Lipinski definition) is 3. The minimum absolute atomic E-state index is 0.0882. The maximum atomic E-state index is 14.8. The number of urea groups is 1. The van der Waals surface area contributed by atoms with Crippen molar-refractivity contribution in [2.45, 2.75) is 30.4 Å². The lowest BCUT2D eigenvalue weighted by atomic mass is 9.80. The number of amides is 3. The highest BCUT2D eigenvalue weighted by Crippen LogP contribution is 2.37. The van der Waals surface area contributed by atoms with E-state index in [1.54, 1.807) is 35.6 Å². The fourth-order valence-corrected chi connectivity index (χ4v) is 3.75. The van der Waals surface area contributed by atoms with Gasteiger partial charge in [-0.2, -0.15) is 26.3 Å². The van der Waals surface area contributed by atoms with Crippen LogP contribution in [0.3, 0.4) is 0 Å². The molecule has 3 aromatic rings. The number of primary amides is 1. The largest absolute Gasteiger partial charge is 0.461 e. The van der Waals surface area contributed by atoms with Crippen molar-refractivity contribution < 1.29 is 45.1 Å². The molecule has 0 aliphatic heterocycles. The summed E-state index contributed by atoms with van der Waals surface area (Å²) in [5, 5.41) is 4.29. The number of hydrogen-bond acceptors (Lipinski definition) is 4. The van der Waals surface area contributed by atoms with Gasteiger partial charge in [0.1, 0.15) is 17.1 Å². The van der Waals surface area contributed by atoms with Crippen LogP contribution in [0, 0.1) is 5.82 Å². The van der Waals surface area contributed by atoms with Crippen LogP contribution in [0.5, 0.6) is 5.75 Å². The van der Waals surface area contributed by atoms with E-state index in [4.69, 9.17) is 11.6 Å². The molecular formula is C25H20ClF7N4O3. The third kappa shape index (κ3) is 7.31. The average Bonchev–Trinajstić information content (AvgIpc) is 2.87. The van der Waals surface area contributed by atoms with Crippen molar-refractivity contribution in [2.24, 2.45) is 5.73 Å². The molecule has 0 saturated carbocycles. The highest BCUT2D eigenvalue weighted by molar-refractivity contribution is 6.30. The molecule has 1 atom stereocenters. The van der Waals surface area contributed by atoms with Gasteiger partial charge in [-0.25, -0.2) is 9.18 Å². The average molecular weight is 593 g/mol. The Bertz CT molecular complexity index is 1350. The van der Waals surface area contributed by atoms with Crippen LogP contribution >= 0.6 is 11.6 Å². The number of ether oxygens (including phenoxy) is 1. The van der Waals surface area contributed by atoms with Gasteiger partial charge >= 0.3 is 24.5 Å². The second-order valence-electron chi connectivity index (χ2n) is 8.45. The first-order valence-corrected chi connectivity index (χ1v) is 11.6. The van der Waals surface area contributed by atoms with Crippen LogP contribution in [0.15, 0.2) is 66.9 Å². The number of rotatable bonds is 11. The Morgan fingerprint density at radius 1 is 1.02 bits per heavy atom. The molecule has 214 valence electrons. The number of aromatic nitrogens is 1. The van der Waals surface area contributed by atoms with Gasteiger partial charge < -0.3 is 21.1 Å². The quantitative estimate of drug-likeness (QED) is 0.272. The molecule has 0 fully saturated rings. The fourth-order valence-electron chi connectivity index (χ4n) is 3.64. The van der Waals surface area contributed by atoms with Gasteiger partial charge in [-0.3, -0.25) is 9.78 Å². The van der Waals surface area contributed by atoms with Crippen LogP contribution in [0.1, 0.15) is 16.8 Å². The Morgan fingerprint density at radius 3 is 2.27 bits per heavy atom. The molecule has 3 rings (SSSR count). The van der Waals surface area contributed by atoms with Gasteiger partial charge in [0.25, 0.3) is 5.91 Å². The van der Waals surface area contributed by atoms with Crippen molar-refractivity contribution in [3.63, 3.8) is 0 Å². The standard InChI is InChI=1S/C25H20ClF7N4O3/c26-16-6-7-19(35-12-16)23(11-14-4-2-1-3-5-14,37-22(39)36-13-24(30,31)21(34)38)15-8-17(27)10-18(9-15)40-25(32,33)20(28)29/h1-10,12,20H,11,13H2,(H2,34,38)(H2,36,37,39). The van der Waals surface area contributed by atoms with Crippen LogP contribution in [-0.4, -0.2) is 41.9 Å². The van der Waals surface area contributed by atoms with Crippen LogP contribution in [-0.2, 0) is 16.8 Å². The normalized spacial score (nSPS) is 13.4. The van der Waals surface area contributed by atoms with Crippen molar-refractivity contribution >= 4 is 23.5 Å². The number of nitrogens with two attached hydrogens (primary N) is 1. The number of carbonyl (C=O) groups is 2. The highest BCUT2D eigenvalue weighted by Gasteiger charge is 2.45. The van der Waals surface area contributed by atoms with Crippen LogP contribution in [0.2, 0.25) is 5.02 Å². The lowest BCUT2D eigenvalue weighted by Crippen LogP contribution is -2.55. The summed E-state index contributed by atoms with van der Waals surface area (Å²) in [6.45, 7) is -1.53. The second-order valence-corrected chi connectivity index (χ2v) is 8.88. The van der Waals surface area contributed by atoms with Gasteiger partial charge in [-0.05, 0) is 35.4 Å². The van der Waals surface area contributed by atoms with E-state index < -0.39 is 54.0 Å². The van der Waals surface area contributed by atoms with Gasteiger partial charge in [-0.1, -0.05) is 41.9 Å². The van der Waals surface area contributed by atoms with E-state index in [1.165, 1.54) is 12.1 Å². The van der Waals surface area contributed by atoms with Crippen molar-refractivity contribution in [2.75, 3.05) is 6.54 Å². The predicted molar refractivity (Wildman–Crippen MR) is 129 cm³/mol. The second kappa shape index (κ2) is 12.0. The molecule has 4 N–H and O–H groups in total. The van der Waals surface area contributed by atoms with Crippen LogP contribution < -0.4 is 21.1 Å². The molecule has 1 unspecified atom stereocenters. The maximum absolute atomic E-state index is 14.8. The Morgan fingerprint density at radius 2 is 1.70 bits per heavy atom. The van der Waals surface area contributed by atoms with E-state index in [0.717, 1.165) is 18.3 Å². The minimum atomic E-state index is -5.00. The van der Waals surface area contributed by atoms with E-state index in [1.807, 2.05) is 0 Å². The summed E-state index contributed by atoms with van der Waals surface area (Å²) in [4.78, 5) is 28.0. The van der Waals surface area contributed by atoms with Gasteiger partial charge in [-0.15, -0.1) is 0 Å². The summed E-state index contributed by atoms with van der Waals surface area (Å²) in [5.74, 6) is -8.42. The number of nitrogens with zero attached hydrogens (tertiary/aromatic N) is 1. The molecule has 40 heavy (non-hydrogen) atoms. The summed E-state index contributed by atoms with van der Waals surface area (Å²) >= 11 is 5.93. The Labute approximate surface area is 227 Å². The van der Waals surface area contributed by atoms with Crippen LogP contribution in [0.4, 0.5) is 35.5 Å². The fraction of sp³-hybridized carbons (Fsp3) is 0.240. The SMILES string of the molecule is NC(=O)C(F)(F)CNC(=O)NC(Cc1ccccc1)(c1cc(F)cc(OC(F)(F)C(F)F)c1)c1ccc(Cl)cn1. The molecule has 0 aliphatic rings. The minimum Gasteiger partial charge on any atom is -0.428 e. The molecule has 3 amide bonds. The zero-order valence-corrected chi connectivity index (χ0v) is 20.9. The van der Waals surface area contributed by atoms with E-state index in [9.17, 15) is 40.3 Å². The number of alkyl halides is 6. The van der Waals surface area contributed by atoms with Crippen LogP contribution in [0.25, 0.3) is 0 Å². The summed E-state index contributed by atoms with van der Waals surface area (Å²) in [7, 11) is 0.